The highest BCUT2D eigenvalue weighted by molar-refractivity contribution is 7.18. The van der Waals surface area contributed by atoms with Crippen molar-refractivity contribution in [3.8, 4) is 0 Å². The summed E-state index contributed by atoms with van der Waals surface area (Å²) in [6.45, 7) is 1.02. The van der Waals surface area contributed by atoms with Gasteiger partial charge in [0, 0.05) is 31.6 Å². The Hall–Kier alpha value is -2.09. The van der Waals surface area contributed by atoms with Gasteiger partial charge in [-0.05, 0) is 43.2 Å². The fourth-order valence-electron chi connectivity index (χ4n) is 3.87. The van der Waals surface area contributed by atoms with E-state index >= 15 is 0 Å². The lowest BCUT2D eigenvalue weighted by molar-refractivity contribution is -0.118. The Labute approximate surface area is 188 Å². The molecule has 2 fully saturated rings. The zero-order chi connectivity index (χ0) is 21.3. The lowest BCUT2D eigenvalue weighted by Gasteiger charge is -2.24. The molecule has 9 heteroatoms. The molecule has 4 rings (SSSR count). The maximum Gasteiger partial charge on any atom is 0.261 e. The summed E-state index contributed by atoms with van der Waals surface area (Å²) in [5.74, 6) is -0.241. The maximum atomic E-state index is 12.6. The van der Waals surface area contributed by atoms with Crippen molar-refractivity contribution in [3.05, 3.63) is 44.6 Å². The minimum Gasteiger partial charge on any atom is -0.346 e. The summed E-state index contributed by atoms with van der Waals surface area (Å²) in [6, 6.07) is 8.37. The minimum atomic E-state index is -0.295. The summed E-state index contributed by atoms with van der Waals surface area (Å²) < 4.78 is 0.543. The third kappa shape index (κ3) is 4.48. The van der Waals surface area contributed by atoms with Crippen molar-refractivity contribution >= 4 is 63.6 Å². The number of nitrogens with zero attached hydrogens (tertiary/aromatic N) is 2. The van der Waals surface area contributed by atoms with Crippen molar-refractivity contribution in [2.24, 2.45) is 0 Å². The van der Waals surface area contributed by atoms with E-state index in [9.17, 15) is 14.4 Å². The van der Waals surface area contributed by atoms with Gasteiger partial charge in [0.05, 0.1) is 26.0 Å². The molecule has 0 bridgehead atoms. The van der Waals surface area contributed by atoms with Gasteiger partial charge in [0.2, 0.25) is 11.8 Å². The summed E-state index contributed by atoms with van der Waals surface area (Å²) in [4.78, 5) is 41.1. The Balaban J connectivity index is 1.46. The number of nitrogens with one attached hydrogen (secondary N) is 1. The molecule has 2 saturated heterocycles. The van der Waals surface area contributed by atoms with E-state index in [4.69, 9.17) is 23.2 Å². The molecular formula is C21H21Cl2N3O3S. The summed E-state index contributed by atoms with van der Waals surface area (Å²) in [7, 11) is 0. The van der Waals surface area contributed by atoms with Gasteiger partial charge in [-0.1, -0.05) is 29.6 Å². The molecule has 0 saturated carbocycles. The van der Waals surface area contributed by atoms with E-state index in [1.807, 2.05) is 0 Å². The Kier molecular flexibility index (Phi) is 6.32. The number of hydrogen-bond donors (Lipinski definition) is 1. The molecular weight excluding hydrogens is 445 g/mol. The molecule has 1 aromatic heterocycles. The number of halogens is 2. The molecule has 1 N–H and O–H groups in total. The van der Waals surface area contributed by atoms with Crippen LogP contribution in [0.2, 0.25) is 9.36 Å². The number of hydrogen-bond acceptors (Lipinski definition) is 4. The topological polar surface area (TPSA) is 69.7 Å². The van der Waals surface area contributed by atoms with E-state index in [-0.39, 0.29) is 30.2 Å². The van der Waals surface area contributed by atoms with Crippen LogP contribution in [0.25, 0.3) is 0 Å². The second-order valence-corrected chi connectivity index (χ2v) is 9.60. The number of thiophene rings is 1. The third-order valence-electron chi connectivity index (χ3n) is 5.36. The number of carbonyl (C=O) groups excluding carboxylic acids is 3. The van der Waals surface area contributed by atoms with Crippen LogP contribution >= 0.6 is 34.5 Å². The zero-order valence-electron chi connectivity index (χ0n) is 16.2. The van der Waals surface area contributed by atoms with Crippen molar-refractivity contribution in [2.75, 3.05) is 22.9 Å². The second kappa shape index (κ2) is 8.96. The van der Waals surface area contributed by atoms with Gasteiger partial charge in [-0.15, -0.1) is 11.3 Å². The van der Waals surface area contributed by atoms with E-state index in [1.54, 1.807) is 40.1 Å². The first-order valence-electron chi connectivity index (χ1n) is 9.89. The van der Waals surface area contributed by atoms with Crippen LogP contribution in [-0.4, -0.2) is 36.9 Å². The van der Waals surface area contributed by atoms with Gasteiger partial charge in [-0.25, -0.2) is 0 Å². The van der Waals surface area contributed by atoms with Crippen LogP contribution in [0, 0.1) is 0 Å². The van der Waals surface area contributed by atoms with Crippen LogP contribution in [0.15, 0.2) is 30.3 Å². The monoisotopic (exact) mass is 465 g/mol. The molecule has 2 aliphatic heterocycles. The quantitative estimate of drug-likeness (QED) is 0.722. The Morgan fingerprint density at radius 2 is 1.87 bits per heavy atom. The average Bonchev–Trinajstić information content (AvgIpc) is 3.23. The van der Waals surface area contributed by atoms with Crippen molar-refractivity contribution in [3.63, 3.8) is 0 Å². The predicted molar refractivity (Wildman–Crippen MR) is 120 cm³/mol. The van der Waals surface area contributed by atoms with E-state index in [0.717, 1.165) is 19.3 Å². The van der Waals surface area contributed by atoms with E-state index in [1.165, 1.54) is 11.3 Å². The Bertz CT molecular complexity index is 994. The number of carbonyl (C=O) groups is 3. The van der Waals surface area contributed by atoms with Crippen LogP contribution in [0.3, 0.4) is 0 Å². The number of rotatable bonds is 4. The summed E-state index contributed by atoms with van der Waals surface area (Å²) in [5, 5.41) is 3.33. The van der Waals surface area contributed by atoms with Crippen LogP contribution in [-0.2, 0) is 9.59 Å². The van der Waals surface area contributed by atoms with Gasteiger partial charge in [-0.3, -0.25) is 14.4 Å². The van der Waals surface area contributed by atoms with Gasteiger partial charge < -0.3 is 15.1 Å². The van der Waals surface area contributed by atoms with Crippen LogP contribution in [0.5, 0.6) is 0 Å². The molecule has 2 aromatic rings. The van der Waals surface area contributed by atoms with Crippen LogP contribution in [0.1, 0.15) is 41.8 Å². The van der Waals surface area contributed by atoms with Crippen LogP contribution in [0.4, 0.5) is 11.4 Å². The second-order valence-electron chi connectivity index (χ2n) is 7.47. The molecule has 1 atom stereocenters. The van der Waals surface area contributed by atoms with Gasteiger partial charge >= 0.3 is 0 Å². The van der Waals surface area contributed by atoms with Crippen molar-refractivity contribution in [2.45, 2.75) is 38.1 Å². The molecule has 0 aliphatic carbocycles. The lowest BCUT2D eigenvalue weighted by atomic mass is 10.2. The molecule has 158 valence electrons. The lowest BCUT2D eigenvalue weighted by Crippen LogP contribution is -2.36. The minimum absolute atomic E-state index is 0.0795. The summed E-state index contributed by atoms with van der Waals surface area (Å²) in [5.41, 5.74) is 1.34. The standard InChI is InChI=1S/C21H21Cl2N3O3S/c22-15-11-14(5-6-16(15)25-9-3-1-2-4-19(25)27)26-12-13(10-20(26)28)24-21(29)17-7-8-18(23)30-17/h5-8,11,13H,1-4,9-10,12H2,(H,24,29). The third-order valence-corrected chi connectivity index (χ3v) is 6.90. The first kappa shape index (κ1) is 21.2. The first-order chi connectivity index (χ1) is 14.4. The highest BCUT2D eigenvalue weighted by atomic mass is 35.5. The molecule has 30 heavy (non-hydrogen) atoms. The number of anilines is 2. The van der Waals surface area contributed by atoms with Crippen molar-refractivity contribution in [1.29, 1.82) is 0 Å². The number of amides is 3. The van der Waals surface area contributed by atoms with E-state index in [2.05, 4.69) is 5.32 Å². The van der Waals surface area contributed by atoms with Gasteiger partial charge in [0.15, 0.2) is 0 Å². The van der Waals surface area contributed by atoms with Gasteiger partial charge in [-0.2, -0.15) is 0 Å². The van der Waals surface area contributed by atoms with Crippen LogP contribution < -0.4 is 15.1 Å². The normalized spacial score (nSPS) is 19.9. The molecule has 0 radical (unpaired) electrons. The molecule has 2 aliphatic rings. The van der Waals surface area contributed by atoms with Gasteiger partial charge in [0.25, 0.3) is 5.91 Å². The molecule has 6 nitrogen and oxygen atoms in total. The van der Waals surface area contributed by atoms with Crippen molar-refractivity contribution in [1.82, 2.24) is 5.32 Å². The molecule has 0 spiro atoms. The maximum absolute atomic E-state index is 12.6. The highest BCUT2D eigenvalue weighted by Crippen LogP contribution is 2.33. The first-order valence-corrected chi connectivity index (χ1v) is 11.5. The largest absolute Gasteiger partial charge is 0.346 e. The van der Waals surface area contributed by atoms with E-state index in [0.29, 0.717) is 45.1 Å². The van der Waals surface area contributed by atoms with Gasteiger partial charge in [0.1, 0.15) is 0 Å². The molecule has 3 amide bonds. The fraction of sp³-hybridized carbons (Fsp3) is 0.381. The Morgan fingerprint density at radius 3 is 2.60 bits per heavy atom. The molecule has 3 heterocycles. The average molecular weight is 466 g/mol. The number of benzene rings is 1. The molecule has 1 aromatic carbocycles. The summed E-state index contributed by atoms with van der Waals surface area (Å²) in [6.07, 6.45) is 3.63. The fourth-order valence-corrected chi connectivity index (χ4v) is 5.09. The van der Waals surface area contributed by atoms with Crippen molar-refractivity contribution < 1.29 is 14.4 Å². The smallest absolute Gasteiger partial charge is 0.261 e. The Morgan fingerprint density at radius 1 is 1.03 bits per heavy atom. The van der Waals surface area contributed by atoms with E-state index < -0.39 is 0 Å². The summed E-state index contributed by atoms with van der Waals surface area (Å²) >= 11 is 13.6. The predicted octanol–water partition coefficient (Wildman–Crippen LogP) is 4.50. The zero-order valence-corrected chi connectivity index (χ0v) is 18.5. The highest BCUT2D eigenvalue weighted by Gasteiger charge is 2.32. The SMILES string of the molecule is O=C(NC1CC(=O)N(c2ccc(N3CCCCCC3=O)c(Cl)c2)C1)c1ccc(Cl)s1. The molecule has 1 unspecified atom stereocenters.